The lowest BCUT2D eigenvalue weighted by Crippen LogP contribution is -2.43. The monoisotopic (exact) mass is 499 g/mol. The van der Waals surface area contributed by atoms with Crippen LogP contribution in [0.2, 0.25) is 5.02 Å². The molecule has 0 radical (unpaired) electrons. The molecule has 5 rings (SSSR count). The number of carbonyl (C=O) groups is 1. The average Bonchev–Trinajstić information content (AvgIpc) is 3.44. The minimum atomic E-state index is -0.502. The minimum Gasteiger partial charge on any atom is -0.444 e. The van der Waals surface area contributed by atoms with Crippen molar-refractivity contribution in [3.8, 4) is 11.1 Å². The smallest absolute Gasteiger partial charge is 0.410 e. The second-order valence-electron chi connectivity index (χ2n) is 10.1. The number of halogens is 1. The van der Waals surface area contributed by atoms with Crippen LogP contribution in [0.15, 0.2) is 30.5 Å². The van der Waals surface area contributed by atoms with Crippen molar-refractivity contribution in [3.63, 3.8) is 0 Å². The van der Waals surface area contributed by atoms with E-state index in [2.05, 4.69) is 16.0 Å². The summed E-state index contributed by atoms with van der Waals surface area (Å²) >= 11 is 8.18. The fraction of sp³-hybridized carbons (Fsp3) is 0.462. The van der Waals surface area contributed by atoms with Gasteiger partial charge in [0.25, 0.3) is 0 Å². The molecule has 2 aliphatic heterocycles. The third kappa shape index (κ3) is 4.49. The first-order valence-corrected chi connectivity index (χ1v) is 13.0. The van der Waals surface area contributed by atoms with Crippen LogP contribution in [0.1, 0.15) is 44.1 Å². The van der Waals surface area contributed by atoms with Crippen molar-refractivity contribution >= 4 is 44.9 Å². The quantitative estimate of drug-likeness (QED) is 0.488. The molecule has 8 heteroatoms. The van der Waals surface area contributed by atoms with Crippen molar-refractivity contribution in [2.45, 2.75) is 58.3 Å². The van der Waals surface area contributed by atoms with Gasteiger partial charge in [-0.25, -0.2) is 4.79 Å². The standard InChI is InChI=1S/C26H30ClN3O3S/c1-26(2,3)33-25(32)29-10-7-18(14-29)30-9-4-5-16-11-17(27)12-21(23(16)30)20-6-8-28-22-13-19(15-31)34-24(20)22/h6,8,11-13,18,31H,4-5,7,9-10,14-15H2,1-3H3/t18-/m1/s1. The number of likely N-dealkylation sites (tertiary alicyclic amines) is 1. The molecule has 1 amide bonds. The van der Waals surface area contributed by atoms with Gasteiger partial charge in [0.1, 0.15) is 5.60 Å². The first kappa shape index (κ1) is 23.4. The number of aromatic nitrogens is 1. The Morgan fingerprint density at radius 1 is 1.26 bits per heavy atom. The summed E-state index contributed by atoms with van der Waals surface area (Å²) in [5.41, 5.74) is 5.02. The number of hydrogen-bond acceptors (Lipinski definition) is 6. The molecule has 1 aromatic carbocycles. The van der Waals surface area contributed by atoms with Gasteiger partial charge in [0.15, 0.2) is 0 Å². The zero-order chi connectivity index (χ0) is 24.0. The molecule has 0 spiro atoms. The SMILES string of the molecule is CC(C)(C)OC(=O)N1CC[C@@H](N2CCCc3cc(Cl)cc(-c4ccnc5cc(CO)sc45)c32)C1. The van der Waals surface area contributed by atoms with Crippen LogP contribution < -0.4 is 4.90 Å². The number of nitrogens with zero attached hydrogens (tertiary/aromatic N) is 3. The van der Waals surface area contributed by atoms with Crippen LogP contribution >= 0.6 is 22.9 Å². The van der Waals surface area contributed by atoms with Gasteiger partial charge in [-0.15, -0.1) is 11.3 Å². The Kier molecular flexibility index (Phi) is 6.21. The summed E-state index contributed by atoms with van der Waals surface area (Å²) in [5.74, 6) is 0. The van der Waals surface area contributed by atoms with E-state index in [4.69, 9.17) is 16.3 Å². The van der Waals surface area contributed by atoms with E-state index in [-0.39, 0.29) is 18.7 Å². The number of amides is 1. The molecule has 1 N–H and O–H groups in total. The number of ether oxygens (including phenoxy) is 1. The number of fused-ring (bicyclic) bond motifs is 2. The second-order valence-corrected chi connectivity index (χ2v) is 11.6. The Balaban J connectivity index is 1.53. The van der Waals surface area contributed by atoms with Crippen LogP contribution in [0.5, 0.6) is 0 Å². The number of pyridine rings is 1. The van der Waals surface area contributed by atoms with Crippen molar-refractivity contribution in [2.75, 3.05) is 24.5 Å². The highest BCUT2D eigenvalue weighted by molar-refractivity contribution is 7.19. The van der Waals surface area contributed by atoms with E-state index in [0.29, 0.717) is 13.1 Å². The third-order valence-electron chi connectivity index (χ3n) is 6.45. The first-order valence-electron chi connectivity index (χ1n) is 11.8. The van der Waals surface area contributed by atoms with Gasteiger partial charge in [-0.3, -0.25) is 4.98 Å². The Morgan fingerprint density at radius 2 is 2.09 bits per heavy atom. The summed E-state index contributed by atoms with van der Waals surface area (Å²) < 4.78 is 6.68. The van der Waals surface area contributed by atoms with Crippen LogP contribution in [-0.4, -0.2) is 52.4 Å². The normalized spacial score (nSPS) is 18.4. The number of anilines is 1. The number of hydrogen-bond donors (Lipinski definition) is 1. The van der Waals surface area contributed by atoms with E-state index in [1.807, 2.05) is 50.1 Å². The Morgan fingerprint density at radius 3 is 2.85 bits per heavy atom. The second kappa shape index (κ2) is 9.02. The van der Waals surface area contributed by atoms with Gasteiger partial charge >= 0.3 is 6.09 Å². The van der Waals surface area contributed by atoms with Crippen molar-refractivity contribution in [1.82, 2.24) is 9.88 Å². The molecule has 0 bridgehead atoms. The van der Waals surface area contributed by atoms with Gasteiger partial charge in [0.2, 0.25) is 0 Å². The summed E-state index contributed by atoms with van der Waals surface area (Å²) in [6.07, 6.45) is 4.51. The lowest BCUT2D eigenvalue weighted by molar-refractivity contribution is 0.0292. The van der Waals surface area contributed by atoms with E-state index < -0.39 is 5.60 Å². The number of thiophene rings is 1. The molecule has 0 saturated carbocycles. The highest BCUT2D eigenvalue weighted by Crippen LogP contribution is 2.45. The lowest BCUT2D eigenvalue weighted by Gasteiger charge is -2.38. The number of aliphatic hydroxyl groups excluding tert-OH is 1. The summed E-state index contributed by atoms with van der Waals surface area (Å²) in [6, 6.07) is 8.35. The molecule has 2 aliphatic rings. The molecule has 3 aromatic rings. The van der Waals surface area contributed by atoms with E-state index in [1.54, 1.807) is 11.3 Å². The van der Waals surface area contributed by atoms with Gasteiger partial charge in [-0.2, -0.15) is 0 Å². The molecule has 6 nitrogen and oxygen atoms in total. The molecule has 34 heavy (non-hydrogen) atoms. The fourth-order valence-corrected chi connectivity index (χ4v) is 6.32. The van der Waals surface area contributed by atoms with Gasteiger partial charge in [-0.1, -0.05) is 11.6 Å². The predicted molar refractivity (Wildman–Crippen MR) is 138 cm³/mol. The molecule has 4 heterocycles. The molecular weight excluding hydrogens is 470 g/mol. The number of rotatable bonds is 3. The summed E-state index contributed by atoms with van der Waals surface area (Å²) in [5, 5.41) is 10.4. The van der Waals surface area contributed by atoms with Crippen LogP contribution in [0, 0.1) is 0 Å². The van der Waals surface area contributed by atoms with Gasteiger partial charge in [0, 0.05) is 58.6 Å². The maximum absolute atomic E-state index is 12.7. The Labute approximate surface area is 209 Å². The summed E-state index contributed by atoms with van der Waals surface area (Å²) in [7, 11) is 0. The van der Waals surface area contributed by atoms with Gasteiger partial charge in [0.05, 0.1) is 16.8 Å². The van der Waals surface area contributed by atoms with Crippen LogP contribution in [0.25, 0.3) is 21.3 Å². The first-order chi connectivity index (χ1) is 16.2. The van der Waals surface area contributed by atoms with Crippen molar-refractivity contribution in [3.05, 3.63) is 45.9 Å². The zero-order valence-corrected chi connectivity index (χ0v) is 21.4. The van der Waals surface area contributed by atoms with Crippen LogP contribution in [0.4, 0.5) is 10.5 Å². The Bertz CT molecular complexity index is 1240. The van der Waals surface area contributed by atoms with Gasteiger partial charge in [-0.05, 0) is 69.9 Å². The van der Waals surface area contributed by atoms with Gasteiger partial charge < -0.3 is 19.6 Å². The third-order valence-corrected chi connectivity index (χ3v) is 7.81. The van der Waals surface area contributed by atoms with E-state index >= 15 is 0 Å². The average molecular weight is 500 g/mol. The summed E-state index contributed by atoms with van der Waals surface area (Å²) in [4.78, 5) is 22.4. The Hall–Kier alpha value is -2.35. The maximum Gasteiger partial charge on any atom is 0.410 e. The molecule has 1 saturated heterocycles. The van der Waals surface area contributed by atoms with E-state index in [0.717, 1.165) is 57.1 Å². The highest BCUT2D eigenvalue weighted by atomic mass is 35.5. The molecule has 2 aromatic heterocycles. The molecular formula is C26H30ClN3O3S. The van der Waals surface area contributed by atoms with Crippen molar-refractivity contribution < 1.29 is 14.6 Å². The topological polar surface area (TPSA) is 65.9 Å². The lowest BCUT2D eigenvalue weighted by atomic mass is 9.92. The molecule has 180 valence electrons. The van der Waals surface area contributed by atoms with E-state index in [9.17, 15) is 9.90 Å². The minimum absolute atomic E-state index is 0.00280. The number of aryl methyl sites for hydroxylation is 1. The highest BCUT2D eigenvalue weighted by Gasteiger charge is 2.36. The molecule has 0 unspecified atom stereocenters. The van der Waals surface area contributed by atoms with E-state index in [1.165, 1.54) is 11.3 Å². The molecule has 1 atom stereocenters. The van der Waals surface area contributed by atoms with Crippen LogP contribution in [0.3, 0.4) is 0 Å². The summed E-state index contributed by atoms with van der Waals surface area (Å²) in [6.45, 7) is 7.99. The fourth-order valence-electron chi connectivity index (χ4n) is 5.07. The zero-order valence-electron chi connectivity index (χ0n) is 19.8. The number of aliphatic hydroxyl groups is 1. The van der Waals surface area contributed by atoms with Crippen molar-refractivity contribution in [2.24, 2.45) is 0 Å². The number of benzene rings is 1. The van der Waals surface area contributed by atoms with Crippen molar-refractivity contribution in [1.29, 1.82) is 0 Å². The van der Waals surface area contributed by atoms with Crippen LogP contribution in [-0.2, 0) is 17.8 Å². The predicted octanol–water partition coefficient (Wildman–Crippen LogP) is 5.87. The maximum atomic E-state index is 12.7. The largest absolute Gasteiger partial charge is 0.444 e. The number of carbonyl (C=O) groups excluding carboxylic acids is 1. The molecule has 0 aliphatic carbocycles. The molecule has 1 fully saturated rings.